The molecule has 1 atom stereocenters. The molecule has 0 radical (unpaired) electrons. The lowest BCUT2D eigenvalue weighted by Crippen LogP contribution is -2.04. The number of nitrogens with zero attached hydrogens (tertiary/aromatic N) is 2. The number of aliphatic hydroxyl groups excluding tert-OH is 1. The molecule has 2 heterocycles. The van der Waals surface area contributed by atoms with Gasteiger partial charge in [0.25, 0.3) is 0 Å². The van der Waals surface area contributed by atoms with Crippen molar-refractivity contribution in [3.05, 3.63) is 58.4 Å². The van der Waals surface area contributed by atoms with E-state index in [4.69, 9.17) is 0 Å². The fraction of sp³-hybridized carbons (Fsp3) is 0.353. The molecule has 4 heteroatoms. The summed E-state index contributed by atoms with van der Waals surface area (Å²) >= 11 is 1.78. The van der Waals surface area contributed by atoms with Crippen molar-refractivity contribution in [2.24, 2.45) is 0 Å². The number of imidazole rings is 1. The van der Waals surface area contributed by atoms with Crippen LogP contribution in [0, 0.1) is 0 Å². The summed E-state index contributed by atoms with van der Waals surface area (Å²) in [4.78, 5) is 6.97. The van der Waals surface area contributed by atoms with Crippen LogP contribution < -0.4 is 0 Å². The molecular formula is C17H18N2OS. The van der Waals surface area contributed by atoms with E-state index in [1.807, 2.05) is 24.4 Å². The highest BCUT2D eigenvalue weighted by Gasteiger charge is 2.23. The number of hydrogen-bond donors (Lipinski definition) is 1. The van der Waals surface area contributed by atoms with Crippen molar-refractivity contribution in [3.8, 4) is 0 Å². The zero-order valence-corrected chi connectivity index (χ0v) is 12.6. The molecule has 1 aliphatic rings. The van der Waals surface area contributed by atoms with Gasteiger partial charge >= 0.3 is 0 Å². The molecule has 3 nitrogen and oxygen atoms in total. The smallest absolute Gasteiger partial charge is 0.194 e. The molecule has 4 rings (SSSR count). The number of rotatable bonds is 4. The van der Waals surface area contributed by atoms with Gasteiger partial charge < -0.3 is 5.11 Å². The van der Waals surface area contributed by atoms with E-state index in [1.54, 1.807) is 11.3 Å². The fourth-order valence-corrected chi connectivity index (χ4v) is 4.37. The molecule has 1 aromatic carbocycles. The summed E-state index contributed by atoms with van der Waals surface area (Å²) in [5.74, 6) is 0. The minimum absolute atomic E-state index is 0.445. The number of fused-ring (bicyclic) bond motifs is 3. The third kappa shape index (κ3) is 2.28. The average Bonchev–Trinajstić information content (AvgIpc) is 3.17. The Kier molecular flexibility index (Phi) is 3.28. The van der Waals surface area contributed by atoms with E-state index >= 15 is 0 Å². The predicted molar refractivity (Wildman–Crippen MR) is 84.8 cm³/mol. The summed E-state index contributed by atoms with van der Waals surface area (Å²) in [6, 6.07) is 10.3. The van der Waals surface area contributed by atoms with Crippen molar-refractivity contribution in [1.29, 1.82) is 0 Å². The van der Waals surface area contributed by atoms with Gasteiger partial charge in [-0.25, -0.2) is 4.98 Å². The second-order valence-corrected chi connectivity index (χ2v) is 6.73. The molecule has 0 saturated heterocycles. The maximum absolute atomic E-state index is 10.6. The van der Waals surface area contributed by atoms with Crippen molar-refractivity contribution in [2.45, 2.75) is 38.2 Å². The third-order valence-corrected chi connectivity index (χ3v) is 5.43. The van der Waals surface area contributed by atoms with Crippen molar-refractivity contribution in [3.63, 3.8) is 0 Å². The number of aromatic nitrogens is 2. The van der Waals surface area contributed by atoms with Crippen LogP contribution in [0.4, 0.5) is 0 Å². The highest BCUT2D eigenvalue weighted by Crippen LogP contribution is 2.33. The normalized spacial score (nSPS) is 15.5. The van der Waals surface area contributed by atoms with Gasteiger partial charge in [0.15, 0.2) is 4.96 Å². The number of thiazole rings is 1. The van der Waals surface area contributed by atoms with Gasteiger partial charge in [0.2, 0.25) is 0 Å². The molecule has 0 aliphatic heterocycles. The molecule has 0 bridgehead atoms. The summed E-state index contributed by atoms with van der Waals surface area (Å²) in [6.07, 6.45) is 6.55. The van der Waals surface area contributed by atoms with Gasteiger partial charge in [0, 0.05) is 10.6 Å². The minimum atomic E-state index is -0.445. The zero-order valence-electron chi connectivity index (χ0n) is 11.8. The van der Waals surface area contributed by atoms with Gasteiger partial charge in [-0.3, -0.25) is 4.40 Å². The standard InChI is InChI=1S/C17H18N2OS/c20-15(10-9-12-5-2-1-3-6-12)14-11-18-17-19(14)13-7-4-8-16(13)21-17/h1-3,5-6,11,15,20H,4,7-10H2. The fourth-order valence-electron chi connectivity index (χ4n) is 3.18. The quantitative estimate of drug-likeness (QED) is 0.800. The molecule has 108 valence electrons. The molecule has 1 aliphatic carbocycles. The Bertz CT molecular complexity index is 760. The van der Waals surface area contributed by atoms with Gasteiger partial charge in [-0.15, -0.1) is 11.3 Å². The minimum Gasteiger partial charge on any atom is -0.387 e. The van der Waals surface area contributed by atoms with Crippen LogP contribution in [0.1, 0.15) is 40.8 Å². The first-order valence-corrected chi connectivity index (χ1v) is 8.34. The maximum atomic E-state index is 10.6. The zero-order chi connectivity index (χ0) is 14.2. The Morgan fingerprint density at radius 2 is 2.10 bits per heavy atom. The molecule has 0 saturated carbocycles. The first-order valence-electron chi connectivity index (χ1n) is 7.53. The van der Waals surface area contributed by atoms with E-state index in [9.17, 15) is 5.11 Å². The van der Waals surface area contributed by atoms with Gasteiger partial charge in [-0.05, 0) is 37.7 Å². The summed E-state index contributed by atoms with van der Waals surface area (Å²) in [5, 5.41) is 10.6. The summed E-state index contributed by atoms with van der Waals surface area (Å²) in [5.41, 5.74) is 3.61. The van der Waals surface area contributed by atoms with Gasteiger partial charge in [0.05, 0.1) is 18.0 Å². The summed E-state index contributed by atoms with van der Waals surface area (Å²) in [6.45, 7) is 0. The van der Waals surface area contributed by atoms with Crippen LogP contribution in [-0.2, 0) is 19.3 Å². The van der Waals surface area contributed by atoms with Crippen molar-refractivity contribution in [1.82, 2.24) is 9.38 Å². The number of benzene rings is 1. The van der Waals surface area contributed by atoms with Crippen LogP contribution in [0.3, 0.4) is 0 Å². The Morgan fingerprint density at radius 3 is 2.95 bits per heavy atom. The molecule has 0 spiro atoms. The largest absolute Gasteiger partial charge is 0.387 e. The molecular weight excluding hydrogens is 280 g/mol. The maximum Gasteiger partial charge on any atom is 0.194 e. The molecule has 0 fully saturated rings. The second kappa shape index (κ2) is 5.28. The SMILES string of the molecule is OC(CCc1ccccc1)c1cnc2sc3c(n12)CCC3. The van der Waals surface area contributed by atoms with Crippen LogP contribution in [0.25, 0.3) is 4.96 Å². The predicted octanol–water partition coefficient (Wildman–Crippen LogP) is 3.55. The lowest BCUT2D eigenvalue weighted by Gasteiger charge is -2.11. The van der Waals surface area contributed by atoms with Crippen molar-refractivity contribution >= 4 is 16.3 Å². The third-order valence-electron chi connectivity index (χ3n) is 4.27. The summed E-state index contributed by atoms with van der Waals surface area (Å²) < 4.78 is 2.20. The molecule has 0 amide bonds. The van der Waals surface area contributed by atoms with E-state index in [2.05, 4.69) is 21.5 Å². The van der Waals surface area contributed by atoms with E-state index in [0.29, 0.717) is 0 Å². The van der Waals surface area contributed by atoms with Crippen LogP contribution in [-0.4, -0.2) is 14.5 Å². The highest BCUT2D eigenvalue weighted by molar-refractivity contribution is 7.17. The number of hydrogen-bond acceptors (Lipinski definition) is 3. The topological polar surface area (TPSA) is 37.5 Å². The van der Waals surface area contributed by atoms with Crippen LogP contribution in [0.2, 0.25) is 0 Å². The first-order chi connectivity index (χ1) is 10.3. The Hall–Kier alpha value is -1.65. The van der Waals surface area contributed by atoms with E-state index in [0.717, 1.165) is 29.9 Å². The molecule has 3 aromatic rings. The van der Waals surface area contributed by atoms with Crippen LogP contribution in [0.5, 0.6) is 0 Å². The lowest BCUT2D eigenvalue weighted by atomic mass is 10.1. The molecule has 2 aromatic heterocycles. The van der Waals surface area contributed by atoms with Gasteiger partial charge in [-0.1, -0.05) is 30.3 Å². The molecule has 1 unspecified atom stereocenters. The van der Waals surface area contributed by atoms with Crippen LogP contribution >= 0.6 is 11.3 Å². The van der Waals surface area contributed by atoms with E-state index in [-0.39, 0.29) is 0 Å². The van der Waals surface area contributed by atoms with E-state index < -0.39 is 6.10 Å². The number of aryl methyl sites for hydroxylation is 3. The Labute approximate surface area is 127 Å². The Morgan fingerprint density at radius 1 is 1.24 bits per heavy atom. The first kappa shape index (κ1) is 13.0. The second-order valence-electron chi connectivity index (χ2n) is 5.67. The highest BCUT2D eigenvalue weighted by atomic mass is 32.1. The molecule has 1 N–H and O–H groups in total. The van der Waals surface area contributed by atoms with Crippen LogP contribution in [0.15, 0.2) is 36.5 Å². The molecule has 21 heavy (non-hydrogen) atoms. The number of aliphatic hydroxyl groups is 1. The lowest BCUT2D eigenvalue weighted by molar-refractivity contribution is 0.162. The monoisotopic (exact) mass is 298 g/mol. The summed E-state index contributed by atoms with van der Waals surface area (Å²) in [7, 11) is 0. The Balaban J connectivity index is 1.58. The van der Waals surface area contributed by atoms with Crippen molar-refractivity contribution < 1.29 is 5.11 Å². The van der Waals surface area contributed by atoms with E-state index in [1.165, 1.54) is 29.0 Å². The average molecular weight is 298 g/mol. The van der Waals surface area contributed by atoms with Crippen molar-refractivity contribution in [2.75, 3.05) is 0 Å². The van der Waals surface area contributed by atoms with Gasteiger partial charge in [-0.2, -0.15) is 0 Å². The van der Waals surface area contributed by atoms with Gasteiger partial charge in [0.1, 0.15) is 0 Å².